The Morgan fingerprint density at radius 3 is 2.62 bits per heavy atom. The lowest BCUT2D eigenvalue weighted by atomic mass is 9.89. The third-order valence-electron chi connectivity index (χ3n) is 3.55. The van der Waals surface area contributed by atoms with Gasteiger partial charge in [-0.1, -0.05) is 18.2 Å². The summed E-state index contributed by atoms with van der Waals surface area (Å²) in [6.45, 7) is 0.0915. The fourth-order valence-corrected chi connectivity index (χ4v) is 2.43. The molecule has 0 fully saturated rings. The summed E-state index contributed by atoms with van der Waals surface area (Å²) in [6, 6.07) is 8.95. The molecule has 1 aliphatic heterocycles. The van der Waals surface area contributed by atoms with Crippen LogP contribution in [0, 0.1) is 23.4 Å². The summed E-state index contributed by atoms with van der Waals surface area (Å²) in [5, 5.41) is 0. The summed E-state index contributed by atoms with van der Waals surface area (Å²) in [4.78, 5) is 12.3. The average molecular weight is 292 g/mol. The molecule has 2 aromatic carbocycles. The van der Waals surface area contributed by atoms with Crippen molar-refractivity contribution in [1.82, 2.24) is 0 Å². The van der Waals surface area contributed by atoms with Gasteiger partial charge in [0.15, 0.2) is 23.2 Å². The molecular weight excluding hydrogens is 281 g/mol. The van der Waals surface area contributed by atoms with Gasteiger partial charge in [0.05, 0.1) is 18.1 Å². The third-order valence-corrected chi connectivity index (χ3v) is 3.55. The number of fused-ring (bicyclic) bond motifs is 1. The highest BCUT2D eigenvalue weighted by molar-refractivity contribution is 5.98. The molecule has 0 saturated heterocycles. The number of benzene rings is 2. The predicted octanol–water partition coefficient (Wildman–Crippen LogP) is 3.54. The van der Waals surface area contributed by atoms with Gasteiger partial charge in [0.25, 0.3) is 0 Å². The Hall–Kier alpha value is -2.30. The standard InChI is InChI=1S/C16H11F3O2/c17-12-6-5-11(14(18)15(12)19)16(20)10-7-9-3-1-2-4-13(9)21-8-10/h1-6,10H,7-8H2. The highest BCUT2D eigenvalue weighted by Crippen LogP contribution is 2.29. The van der Waals surface area contributed by atoms with E-state index >= 15 is 0 Å². The number of halogens is 3. The molecule has 108 valence electrons. The predicted molar refractivity (Wildman–Crippen MR) is 69.8 cm³/mol. The number of para-hydroxylation sites is 1. The zero-order valence-corrected chi connectivity index (χ0v) is 10.9. The quantitative estimate of drug-likeness (QED) is 0.625. The molecule has 1 unspecified atom stereocenters. The molecule has 0 N–H and O–H groups in total. The van der Waals surface area contributed by atoms with Crippen LogP contribution in [0.4, 0.5) is 13.2 Å². The van der Waals surface area contributed by atoms with Crippen molar-refractivity contribution in [3.05, 3.63) is 65.0 Å². The van der Waals surface area contributed by atoms with E-state index in [2.05, 4.69) is 0 Å². The van der Waals surface area contributed by atoms with Gasteiger partial charge in [0.2, 0.25) is 0 Å². The summed E-state index contributed by atoms with van der Waals surface area (Å²) >= 11 is 0. The van der Waals surface area contributed by atoms with E-state index in [4.69, 9.17) is 4.74 Å². The molecule has 0 aliphatic carbocycles. The van der Waals surface area contributed by atoms with Crippen molar-refractivity contribution < 1.29 is 22.7 Å². The van der Waals surface area contributed by atoms with Crippen LogP contribution in [0.2, 0.25) is 0 Å². The highest BCUT2D eigenvalue weighted by atomic mass is 19.2. The Kier molecular flexibility index (Phi) is 3.41. The molecule has 0 bridgehead atoms. The molecule has 0 aromatic heterocycles. The summed E-state index contributed by atoms with van der Waals surface area (Å²) in [7, 11) is 0. The molecular formula is C16H11F3O2. The number of hydrogen-bond donors (Lipinski definition) is 0. The second-order valence-electron chi connectivity index (χ2n) is 4.91. The normalized spacial score (nSPS) is 17.0. The lowest BCUT2D eigenvalue weighted by molar-refractivity contribution is 0.0849. The van der Waals surface area contributed by atoms with Gasteiger partial charge in [-0.05, 0) is 30.2 Å². The number of Topliss-reactive ketones (excluding diaryl/α,β-unsaturated/α-hetero) is 1. The molecule has 2 nitrogen and oxygen atoms in total. The smallest absolute Gasteiger partial charge is 0.195 e. The van der Waals surface area contributed by atoms with Crippen molar-refractivity contribution in [3.63, 3.8) is 0 Å². The molecule has 3 rings (SSSR count). The first-order valence-corrected chi connectivity index (χ1v) is 6.46. The number of carbonyl (C=O) groups is 1. The van der Waals surface area contributed by atoms with E-state index in [1.165, 1.54) is 0 Å². The first-order valence-electron chi connectivity index (χ1n) is 6.46. The molecule has 0 amide bonds. The van der Waals surface area contributed by atoms with Gasteiger partial charge in [-0.25, -0.2) is 13.2 Å². The maximum Gasteiger partial charge on any atom is 0.195 e. The Balaban J connectivity index is 1.89. The summed E-state index contributed by atoms with van der Waals surface area (Å²) in [6.07, 6.45) is 0.382. The Morgan fingerprint density at radius 1 is 1.05 bits per heavy atom. The largest absolute Gasteiger partial charge is 0.493 e. The molecule has 0 spiro atoms. The van der Waals surface area contributed by atoms with Crippen LogP contribution < -0.4 is 4.74 Å². The van der Waals surface area contributed by atoms with Gasteiger partial charge in [-0.15, -0.1) is 0 Å². The topological polar surface area (TPSA) is 26.3 Å². The van der Waals surface area contributed by atoms with Gasteiger partial charge in [-0.3, -0.25) is 4.79 Å². The van der Waals surface area contributed by atoms with E-state index < -0.39 is 34.7 Å². The zero-order valence-electron chi connectivity index (χ0n) is 10.9. The maximum absolute atomic E-state index is 13.7. The first-order chi connectivity index (χ1) is 10.1. The number of ether oxygens (including phenoxy) is 1. The minimum absolute atomic E-state index is 0.0915. The van der Waals surface area contributed by atoms with Crippen molar-refractivity contribution in [2.75, 3.05) is 6.61 Å². The van der Waals surface area contributed by atoms with Crippen molar-refractivity contribution in [2.24, 2.45) is 5.92 Å². The van der Waals surface area contributed by atoms with Gasteiger partial charge in [-0.2, -0.15) is 0 Å². The van der Waals surface area contributed by atoms with Crippen LogP contribution in [-0.2, 0) is 6.42 Å². The van der Waals surface area contributed by atoms with E-state index in [9.17, 15) is 18.0 Å². The minimum atomic E-state index is -1.63. The Labute approximate surface area is 119 Å². The highest BCUT2D eigenvalue weighted by Gasteiger charge is 2.29. The second-order valence-corrected chi connectivity index (χ2v) is 4.91. The number of carbonyl (C=O) groups excluding carboxylic acids is 1. The van der Waals surface area contributed by atoms with E-state index in [1.54, 1.807) is 6.07 Å². The summed E-state index contributed by atoms with van der Waals surface area (Å²) in [5.41, 5.74) is 0.395. The fourth-order valence-electron chi connectivity index (χ4n) is 2.43. The van der Waals surface area contributed by atoms with Crippen LogP contribution >= 0.6 is 0 Å². The fraction of sp³-hybridized carbons (Fsp3) is 0.188. The van der Waals surface area contributed by atoms with Crippen LogP contribution in [-0.4, -0.2) is 12.4 Å². The lowest BCUT2D eigenvalue weighted by Gasteiger charge is -2.24. The van der Waals surface area contributed by atoms with Gasteiger partial charge < -0.3 is 4.74 Å². The molecule has 21 heavy (non-hydrogen) atoms. The van der Waals surface area contributed by atoms with Crippen molar-refractivity contribution in [3.8, 4) is 5.75 Å². The third kappa shape index (κ3) is 2.39. The molecule has 1 aliphatic rings. The maximum atomic E-state index is 13.7. The van der Waals surface area contributed by atoms with Crippen LogP contribution in [0.25, 0.3) is 0 Å². The van der Waals surface area contributed by atoms with E-state index in [1.807, 2.05) is 18.2 Å². The van der Waals surface area contributed by atoms with Gasteiger partial charge in [0, 0.05) is 0 Å². The lowest BCUT2D eigenvalue weighted by Crippen LogP contribution is -2.29. The second kappa shape index (κ2) is 5.24. The van der Waals surface area contributed by atoms with Crippen LogP contribution in [0.1, 0.15) is 15.9 Å². The van der Waals surface area contributed by atoms with Crippen molar-refractivity contribution in [2.45, 2.75) is 6.42 Å². The van der Waals surface area contributed by atoms with E-state index in [0.717, 1.165) is 17.7 Å². The zero-order chi connectivity index (χ0) is 15.0. The number of rotatable bonds is 2. The molecule has 1 heterocycles. The van der Waals surface area contributed by atoms with Crippen molar-refractivity contribution in [1.29, 1.82) is 0 Å². The van der Waals surface area contributed by atoms with Crippen LogP contribution in [0.3, 0.4) is 0 Å². The number of hydrogen-bond acceptors (Lipinski definition) is 2. The van der Waals surface area contributed by atoms with Gasteiger partial charge in [0.1, 0.15) is 5.75 Å². The van der Waals surface area contributed by atoms with Crippen LogP contribution in [0.5, 0.6) is 5.75 Å². The molecule has 2 aromatic rings. The Morgan fingerprint density at radius 2 is 1.81 bits per heavy atom. The monoisotopic (exact) mass is 292 g/mol. The average Bonchev–Trinajstić information content (AvgIpc) is 2.52. The Bertz CT molecular complexity index is 713. The van der Waals surface area contributed by atoms with Gasteiger partial charge >= 0.3 is 0 Å². The number of ketones is 1. The SMILES string of the molecule is O=C(c1ccc(F)c(F)c1F)C1COc2ccccc2C1. The van der Waals surface area contributed by atoms with Crippen LogP contribution in [0.15, 0.2) is 36.4 Å². The molecule has 1 atom stereocenters. The molecule has 0 saturated carbocycles. The van der Waals surface area contributed by atoms with E-state index in [-0.39, 0.29) is 6.61 Å². The molecule has 5 heteroatoms. The summed E-state index contributed by atoms with van der Waals surface area (Å²) in [5.74, 6) is -4.89. The first kappa shape index (κ1) is 13.7. The minimum Gasteiger partial charge on any atom is -0.493 e. The molecule has 0 radical (unpaired) electrons. The van der Waals surface area contributed by atoms with E-state index in [0.29, 0.717) is 12.2 Å². The van der Waals surface area contributed by atoms with Crippen molar-refractivity contribution >= 4 is 5.78 Å². The summed E-state index contributed by atoms with van der Waals surface area (Å²) < 4.78 is 45.3.